The first-order valence-corrected chi connectivity index (χ1v) is 11.2. The molecule has 0 amide bonds. The van der Waals surface area contributed by atoms with Crippen molar-refractivity contribution in [1.82, 2.24) is 24.3 Å². The molecule has 0 aliphatic rings. The molecule has 0 aliphatic carbocycles. The summed E-state index contributed by atoms with van der Waals surface area (Å²) in [7, 11) is 2.05. The highest BCUT2D eigenvalue weighted by molar-refractivity contribution is 7.98. The van der Waals surface area contributed by atoms with E-state index in [0.29, 0.717) is 0 Å². The lowest BCUT2D eigenvalue weighted by Gasteiger charge is -2.07. The normalized spacial score (nSPS) is 11.2. The molecule has 0 aliphatic heterocycles. The molecule has 28 heavy (non-hydrogen) atoms. The van der Waals surface area contributed by atoms with Crippen molar-refractivity contribution >= 4 is 34.7 Å². The summed E-state index contributed by atoms with van der Waals surface area (Å²) in [6.07, 6.45) is 2.83. The Hall–Kier alpha value is -2.09. The highest BCUT2D eigenvalue weighted by atomic mass is 35.5. The molecule has 0 atom stereocenters. The highest BCUT2D eigenvalue weighted by Gasteiger charge is 2.14. The minimum absolute atomic E-state index is 0.729. The fraction of sp³-hybridized carbons (Fsp3) is 0.250. The van der Waals surface area contributed by atoms with Gasteiger partial charge in [0.05, 0.1) is 10.7 Å². The van der Waals surface area contributed by atoms with Gasteiger partial charge < -0.3 is 9.13 Å². The summed E-state index contributed by atoms with van der Waals surface area (Å²) in [6.45, 7) is 2.97. The maximum Gasteiger partial charge on any atom is 0.191 e. The first kappa shape index (κ1) is 19.2. The van der Waals surface area contributed by atoms with Crippen molar-refractivity contribution in [2.24, 2.45) is 7.05 Å². The van der Waals surface area contributed by atoms with E-state index in [1.807, 2.05) is 24.3 Å². The van der Waals surface area contributed by atoms with E-state index < -0.39 is 0 Å². The van der Waals surface area contributed by atoms with Gasteiger partial charge in [-0.05, 0) is 25.1 Å². The number of aromatic nitrogens is 5. The fourth-order valence-corrected chi connectivity index (χ4v) is 5.15. The van der Waals surface area contributed by atoms with Crippen molar-refractivity contribution in [1.29, 1.82) is 0 Å². The predicted molar refractivity (Wildman–Crippen MR) is 116 cm³/mol. The quantitative estimate of drug-likeness (QED) is 0.374. The monoisotopic (exact) mass is 429 g/mol. The molecule has 4 aromatic rings. The van der Waals surface area contributed by atoms with Gasteiger partial charge in [-0.15, -0.1) is 21.5 Å². The van der Waals surface area contributed by atoms with Crippen molar-refractivity contribution in [2.45, 2.75) is 30.8 Å². The van der Waals surface area contributed by atoms with E-state index in [1.54, 1.807) is 23.1 Å². The van der Waals surface area contributed by atoms with E-state index in [-0.39, 0.29) is 0 Å². The molecule has 3 aromatic heterocycles. The van der Waals surface area contributed by atoms with Crippen LogP contribution in [-0.2, 0) is 25.8 Å². The zero-order valence-corrected chi connectivity index (χ0v) is 18.1. The molecular formula is C20H20ClN5S2. The Morgan fingerprint density at radius 3 is 2.75 bits per heavy atom. The molecule has 144 valence electrons. The largest absolute Gasteiger partial charge is 0.354 e. The van der Waals surface area contributed by atoms with E-state index in [2.05, 4.69) is 57.0 Å². The summed E-state index contributed by atoms with van der Waals surface area (Å²) in [5, 5.41) is 13.5. The number of aryl methyl sites for hydroxylation is 1. The molecule has 0 fully saturated rings. The zero-order chi connectivity index (χ0) is 19.5. The van der Waals surface area contributed by atoms with Crippen LogP contribution < -0.4 is 0 Å². The summed E-state index contributed by atoms with van der Waals surface area (Å²) in [4.78, 5) is 4.74. The smallest absolute Gasteiger partial charge is 0.191 e. The molecule has 0 unspecified atom stereocenters. The van der Waals surface area contributed by atoms with Gasteiger partial charge in [-0.25, -0.2) is 4.98 Å². The average molecular weight is 430 g/mol. The maximum absolute atomic E-state index is 6.29. The Bertz CT molecular complexity index is 1080. The van der Waals surface area contributed by atoms with E-state index in [0.717, 1.165) is 51.0 Å². The Morgan fingerprint density at radius 1 is 1.14 bits per heavy atom. The van der Waals surface area contributed by atoms with Gasteiger partial charge in [0.15, 0.2) is 5.16 Å². The van der Waals surface area contributed by atoms with E-state index >= 15 is 0 Å². The van der Waals surface area contributed by atoms with Crippen LogP contribution in [-0.4, -0.2) is 24.3 Å². The number of hydrogen-bond acceptors (Lipinski definition) is 5. The van der Waals surface area contributed by atoms with Crippen molar-refractivity contribution in [3.8, 4) is 10.6 Å². The van der Waals surface area contributed by atoms with Gasteiger partial charge in [-0.1, -0.05) is 41.6 Å². The Labute approximate surface area is 177 Å². The van der Waals surface area contributed by atoms with Crippen molar-refractivity contribution in [3.05, 3.63) is 70.2 Å². The van der Waals surface area contributed by atoms with Crippen LogP contribution in [0, 0.1) is 0 Å². The van der Waals surface area contributed by atoms with Gasteiger partial charge >= 0.3 is 0 Å². The second kappa shape index (κ2) is 8.51. The number of rotatable bonds is 7. The third kappa shape index (κ3) is 4.01. The molecule has 0 N–H and O–H groups in total. The van der Waals surface area contributed by atoms with Crippen LogP contribution in [0.25, 0.3) is 10.6 Å². The van der Waals surface area contributed by atoms with Crippen LogP contribution in [0.15, 0.2) is 53.1 Å². The van der Waals surface area contributed by atoms with E-state index in [4.69, 9.17) is 16.6 Å². The molecule has 3 heterocycles. The summed E-state index contributed by atoms with van der Waals surface area (Å²) in [5.74, 6) is 1.74. The summed E-state index contributed by atoms with van der Waals surface area (Å²) in [6, 6.07) is 12.0. The third-order valence-electron chi connectivity index (χ3n) is 4.51. The number of halogens is 1. The van der Waals surface area contributed by atoms with Gasteiger partial charge in [0, 0.05) is 48.6 Å². The van der Waals surface area contributed by atoms with Crippen molar-refractivity contribution < 1.29 is 0 Å². The summed E-state index contributed by atoms with van der Waals surface area (Å²) < 4.78 is 4.30. The second-order valence-corrected chi connectivity index (χ2v) is 8.55. The van der Waals surface area contributed by atoms with Crippen LogP contribution in [0.5, 0.6) is 0 Å². The Kier molecular flexibility index (Phi) is 5.85. The molecule has 0 bridgehead atoms. The van der Waals surface area contributed by atoms with Crippen LogP contribution in [0.4, 0.5) is 0 Å². The van der Waals surface area contributed by atoms with Crippen LogP contribution in [0.3, 0.4) is 0 Å². The van der Waals surface area contributed by atoms with Gasteiger partial charge in [0.25, 0.3) is 0 Å². The number of nitrogens with zero attached hydrogens (tertiary/aromatic N) is 5. The first-order chi connectivity index (χ1) is 13.7. The van der Waals surface area contributed by atoms with Crippen LogP contribution in [0.2, 0.25) is 5.02 Å². The molecule has 5 nitrogen and oxygen atoms in total. The fourth-order valence-electron chi connectivity index (χ4n) is 2.99. The van der Waals surface area contributed by atoms with Gasteiger partial charge in [0.1, 0.15) is 10.8 Å². The van der Waals surface area contributed by atoms with Crippen LogP contribution >= 0.6 is 34.7 Å². The standard InChI is InChI=1S/C20H20ClN5S2/c1-3-26-18(11-15-7-6-10-25(15)2)23-24-20(26)28-13-14-12-27-19(22-14)16-8-4-5-9-17(16)21/h4-10,12H,3,11,13H2,1-2H3. The molecule has 0 spiro atoms. The molecule has 1 aromatic carbocycles. The zero-order valence-electron chi connectivity index (χ0n) is 15.7. The minimum atomic E-state index is 0.729. The Morgan fingerprint density at radius 2 is 2.00 bits per heavy atom. The molecule has 0 saturated carbocycles. The van der Waals surface area contributed by atoms with Gasteiger partial charge in [-0.3, -0.25) is 0 Å². The van der Waals surface area contributed by atoms with Gasteiger partial charge in [0.2, 0.25) is 0 Å². The summed E-state index contributed by atoms with van der Waals surface area (Å²) >= 11 is 9.58. The predicted octanol–water partition coefficient (Wildman–Crippen LogP) is 5.30. The average Bonchev–Trinajstić information content (AvgIpc) is 3.41. The lowest BCUT2D eigenvalue weighted by Crippen LogP contribution is -2.06. The van der Waals surface area contributed by atoms with E-state index in [9.17, 15) is 0 Å². The highest BCUT2D eigenvalue weighted by Crippen LogP contribution is 2.32. The third-order valence-corrected chi connectivity index (χ3v) is 6.76. The number of thiazole rings is 1. The molecule has 0 saturated heterocycles. The van der Waals surface area contributed by atoms with Gasteiger partial charge in [-0.2, -0.15) is 0 Å². The molecule has 8 heteroatoms. The molecule has 4 rings (SSSR count). The first-order valence-electron chi connectivity index (χ1n) is 9.00. The minimum Gasteiger partial charge on any atom is -0.354 e. The topological polar surface area (TPSA) is 48.5 Å². The van der Waals surface area contributed by atoms with Crippen LogP contribution in [0.1, 0.15) is 24.1 Å². The Balaban J connectivity index is 1.47. The lowest BCUT2D eigenvalue weighted by molar-refractivity contribution is 0.645. The van der Waals surface area contributed by atoms with E-state index in [1.165, 1.54) is 5.69 Å². The maximum atomic E-state index is 6.29. The summed E-state index contributed by atoms with van der Waals surface area (Å²) in [5.41, 5.74) is 3.23. The number of hydrogen-bond donors (Lipinski definition) is 0. The second-order valence-electron chi connectivity index (χ2n) is 6.34. The molecule has 0 radical (unpaired) electrons. The lowest BCUT2D eigenvalue weighted by atomic mass is 10.2. The van der Waals surface area contributed by atoms with Crippen molar-refractivity contribution in [3.63, 3.8) is 0 Å². The SMILES string of the molecule is CCn1c(Cc2cccn2C)nnc1SCc1csc(-c2ccccc2Cl)n1. The van der Waals surface area contributed by atoms with Crippen molar-refractivity contribution in [2.75, 3.05) is 0 Å². The molecular weight excluding hydrogens is 410 g/mol. The number of benzene rings is 1. The number of thioether (sulfide) groups is 1.